The smallest absolute Gasteiger partial charge is 0.0543 e. The maximum Gasteiger partial charge on any atom is 0.0543 e. The minimum absolute atomic E-state index is 0.0310. The van der Waals surface area contributed by atoms with Crippen molar-refractivity contribution in [1.82, 2.24) is 0 Å². The largest absolute Gasteiger partial charge is 0.393 e. The topological polar surface area (TPSA) is 20.2 Å². The van der Waals surface area contributed by atoms with Crippen LogP contribution in [0.1, 0.15) is 42.7 Å². The van der Waals surface area contributed by atoms with E-state index in [2.05, 4.69) is 24.3 Å². The molecule has 0 bridgehead atoms. The second-order valence-electron chi connectivity index (χ2n) is 5.07. The molecule has 0 saturated heterocycles. The monoisotopic (exact) mass is 202 g/mol. The molecule has 0 aromatic heterocycles. The van der Waals surface area contributed by atoms with E-state index in [0.717, 1.165) is 24.7 Å². The SMILES string of the molecule is O[C@H]1CCC2c3ccccc3CC[C@H]2C1. The van der Waals surface area contributed by atoms with Crippen molar-refractivity contribution in [3.63, 3.8) is 0 Å². The summed E-state index contributed by atoms with van der Waals surface area (Å²) >= 11 is 0. The third-order valence-electron chi connectivity index (χ3n) is 4.19. The Labute approximate surface area is 91.1 Å². The first kappa shape index (κ1) is 9.41. The minimum atomic E-state index is -0.0310. The van der Waals surface area contributed by atoms with E-state index in [1.807, 2.05) is 0 Å². The molecule has 15 heavy (non-hydrogen) atoms. The van der Waals surface area contributed by atoms with Crippen LogP contribution in [0.3, 0.4) is 0 Å². The van der Waals surface area contributed by atoms with Crippen molar-refractivity contribution in [1.29, 1.82) is 0 Å². The third kappa shape index (κ3) is 1.59. The maximum atomic E-state index is 9.70. The number of hydrogen-bond acceptors (Lipinski definition) is 1. The zero-order valence-corrected chi connectivity index (χ0v) is 9.02. The lowest BCUT2D eigenvalue weighted by Crippen LogP contribution is -2.30. The van der Waals surface area contributed by atoms with E-state index in [0.29, 0.717) is 0 Å². The Morgan fingerprint density at radius 2 is 1.93 bits per heavy atom. The average molecular weight is 202 g/mol. The van der Waals surface area contributed by atoms with Crippen molar-refractivity contribution >= 4 is 0 Å². The minimum Gasteiger partial charge on any atom is -0.393 e. The highest BCUT2D eigenvalue weighted by Crippen LogP contribution is 2.44. The fourth-order valence-corrected chi connectivity index (χ4v) is 3.43. The summed E-state index contributed by atoms with van der Waals surface area (Å²) in [5, 5.41) is 9.70. The van der Waals surface area contributed by atoms with Crippen molar-refractivity contribution in [3.8, 4) is 0 Å². The Hall–Kier alpha value is -0.820. The Kier molecular flexibility index (Phi) is 2.28. The van der Waals surface area contributed by atoms with E-state index in [-0.39, 0.29) is 6.10 Å². The summed E-state index contributed by atoms with van der Waals surface area (Å²) in [7, 11) is 0. The molecule has 1 fully saturated rings. The van der Waals surface area contributed by atoms with E-state index in [1.54, 1.807) is 11.1 Å². The Balaban J connectivity index is 1.93. The van der Waals surface area contributed by atoms with Gasteiger partial charge in [0.15, 0.2) is 0 Å². The van der Waals surface area contributed by atoms with Crippen molar-refractivity contribution < 1.29 is 5.11 Å². The van der Waals surface area contributed by atoms with E-state index >= 15 is 0 Å². The standard InChI is InChI=1S/C14H18O/c15-12-7-8-14-11(9-12)6-5-10-3-1-2-4-13(10)14/h1-4,11-12,14-15H,5-9H2/t11-,12-,14?/m0/s1. The van der Waals surface area contributed by atoms with E-state index < -0.39 is 0 Å². The lowest BCUT2D eigenvalue weighted by Gasteiger charge is -2.39. The molecule has 1 N–H and O–H groups in total. The summed E-state index contributed by atoms with van der Waals surface area (Å²) < 4.78 is 0. The van der Waals surface area contributed by atoms with Crippen molar-refractivity contribution in [2.45, 2.75) is 44.1 Å². The van der Waals surface area contributed by atoms with E-state index in [1.165, 1.54) is 19.3 Å². The van der Waals surface area contributed by atoms with Gasteiger partial charge in [-0.15, -0.1) is 0 Å². The van der Waals surface area contributed by atoms with Crippen LogP contribution < -0.4 is 0 Å². The van der Waals surface area contributed by atoms with Crippen molar-refractivity contribution in [2.24, 2.45) is 5.92 Å². The molecule has 2 aliphatic carbocycles. The van der Waals surface area contributed by atoms with Gasteiger partial charge >= 0.3 is 0 Å². The molecule has 80 valence electrons. The molecular weight excluding hydrogens is 184 g/mol. The van der Waals surface area contributed by atoms with Gasteiger partial charge in [0.2, 0.25) is 0 Å². The summed E-state index contributed by atoms with van der Waals surface area (Å²) in [6.07, 6.45) is 5.66. The number of aryl methyl sites for hydroxylation is 1. The summed E-state index contributed by atoms with van der Waals surface area (Å²) in [4.78, 5) is 0. The molecule has 3 atom stereocenters. The number of fused-ring (bicyclic) bond motifs is 3. The van der Waals surface area contributed by atoms with Gasteiger partial charge in [0.1, 0.15) is 0 Å². The molecule has 3 rings (SSSR count). The van der Waals surface area contributed by atoms with Crippen LogP contribution in [0.2, 0.25) is 0 Å². The number of benzene rings is 1. The first-order valence-electron chi connectivity index (χ1n) is 6.10. The molecule has 0 heterocycles. The molecule has 1 aromatic rings. The molecule has 1 nitrogen and oxygen atoms in total. The fraction of sp³-hybridized carbons (Fsp3) is 0.571. The summed E-state index contributed by atoms with van der Waals surface area (Å²) in [5.74, 6) is 1.47. The van der Waals surface area contributed by atoms with Crippen LogP contribution in [0.5, 0.6) is 0 Å². The van der Waals surface area contributed by atoms with Gasteiger partial charge in [0.05, 0.1) is 6.10 Å². The summed E-state index contributed by atoms with van der Waals surface area (Å²) in [6.45, 7) is 0. The molecular formula is C14H18O. The first-order valence-corrected chi connectivity index (χ1v) is 6.10. The number of aliphatic hydroxyl groups excluding tert-OH is 1. The lowest BCUT2D eigenvalue weighted by atomic mass is 9.67. The quantitative estimate of drug-likeness (QED) is 0.686. The van der Waals surface area contributed by atoms with Gasteiger partial charge in [-0.25, -0.2) is 0 Å². The Morgan fingerprint density at radius 3 is 2.87 bits per heavy atom. The van der Waals surface area contributed by atoms with E-state index in [9.17, 15) is 5.11 Å². The molecule has 0 amide bonds. The number of rotatable bonds is 0. The molecule has 0 spiro atoms. The normalized spacial score (nSPS) is 34.3. The molecule has 1 aromatic carbocycles. The lowest BCUT2D eigenvalue weighted by molar-refractivity contribution is 0.0829. The van der Waals surface area contributed by atoms with Gasteiger partial charge in [0.25, 0.3) is 0 Å². The molecule has 1 unspecified atom stereocenters. The predicted octanol–water partition coefficient (Wildman–Crippen LogP) is 2.88. The van der Waals surface area contributed by atoms with Crippen LogP contribution in [-0.2, 0) is 6.42 Å². The third-order valence-corrected chi connectivity index (χ3v) is 4.19. The highest BCUT2D eigenvalue weighted by atomic mass is 16.3. The molecule has 0 aliphatic heterocycles. The number of hydrogen-bond donors (Lipinski definition) is 1. The fourth-order valence-electron chi connectivity index (χ4n) is 3.43. The van der Waals surface area contributed by atoms with Gasteiger partial charge in [0, 0.05) is 0 Å². The Morgan fingerprint density at radius 1 is 1.07 bits per heavy atom. The van der Waals surface area contributed by atoms with Crippen LogP contribution in [-0.4, -0.2) is 11.2 Å². The van der Waals surface area contributed by atoms with Gasteiger partial charge in [-0.05, 0) is 55.1 Å². The van der Waals surface area contributed by atoms with Gasteiger partial charge in [-0.3, -0.25) is 0 Å². The van der Waals surface area contributed by atoms with E-state index in [4.69, 9.17) is 0 Å². The molecule has 2 aliphatic rings. The zero-order chi connectivity index (χ0) is 10.3. The van der Waals surface area contributed by atoms with Gasteiger partial charge in [-0.2, -0.15) is 0 Å². The van der Waals surface area contributed by atoms with Crippen molar-refractivity contribution in [3.05, 3.63) is 35.4 Å². The molecule has 0 radical (unpaired) electrons. The van der Waals surface area contributed by atoms with Gasteiger partial charge < -0.3 is 5.11 Å². The second kappa shape index (κ2) is 3.64. The van der Waals surface area contributed by atoms with Crippen LogP contribution in [0.25, 0.3) is 0 Å². The van der Waals surface area contributed by atoms with Crippen LogP contribution in [0.4, 0.5) is 0 Å². The van der Waals surface area contributed by atoms with Crippen molar-refractivity contribution in [2.75, 3.05) is 0 Å². The predicted molar refractivity (Wildman–Crippen MR) is 60.9 cm³/mol. The van der Waals surface area contributed by atoms with Crippen LogP contribution >= 0.6 is 0 Å². The first-order chi connectivity index (χ1) is 7.34. The number of aliphatic hydroxyl groups is 1. The summed E-state index contributed by atoms with van der Waals surface area (Å²) in [5.41, 5.74) is 3.12. The van der Waals surface area contributed by atoms with Crippen LogP contribution in [0, 0.1) is 5.92 Å². The highest BCUT2D eigenvalue weighted by molar-refractivity contribution is 5.33. The zero-order valence-electron chi connectivity index (χ0n) is 9.02. The molecule has 1 heteroatoms. The van der Waals surface area contributed by atoms with Crippen LogP contribution in [0.15, 0.2) is 24.3 Å². The Bertz CT molecular complexity index is 358. The average Bonchev–Trinajstić information content (AvgIpc) is 2.28. The highest BCUT2D eigenvalue weighted by Gasteiger charge is 2.34. The molecule has 1 saturated carbocycles. The summed E-state index contributed by atoms with van der Waals surface area (Å²) in [6, 6.07) is 8.88. The second-order valence-corrected chi connectivity index (χ2v) is 5.07. The maximum absolute atomic E-state index is 9.70. The van der Waals surface area contributed by atoms with Gasteiger partial charge in [-0.1, -0.05) is 24.3 Å².